The maximum absolute atomic E-state index is 11.2. The maximum Gasteiger partial charge on any atom is 0.336 e. The van der Waals surface area contributed by atoms with E-state index in [4.69, 9.17) is 5.11 Å². The molecular formula is C14H19N3O4. The second-order valence-electron chi connectivity index (χ2n) is 5.51. The van der Waals surface area contributed by atoms with Crippen molar-refractivity contribution < 1.29 is 14.8 Å². The van der Waals surface area contributed by atoms with E-state index in [-0.39, 0.29) is 17.3 Å². The molecular weight excluding hydrogens is 274 g/mol. The van der Waals surface area contributed by atoms with Crippen LogP contribution in [-0.4, -0.2) is 53.6 Å². The van der Waals surface area contributed by atoms with E-state index in [1.165, 1.54) is 6.07 Å². The van der Waals surface area contributed by atoms with Gasteiger partial charge >= 0.3 is 5.97 Å². The number of carbonyl (C=O) groups is 1. The average Bonchev–Trinajstić information content (AvgIpc) is 2.39. The fourth-order valence-corrected chi connectivity index (χ4v) is 2.79. The first-order valence-electron chi connectivity index (χ1n) is 6.78. The van der Waals surface area contributed by atoms with Gasteiger partial charge in [0.15, 0.2) is 0 Å². The molecule has 114 valence electrons. The van der Waals surface area contributed by atoms with E-state index in [9.17, 15) is 14.9 Å². The molecule has 2 rings (SSSR count). The lowest BCUT2D eigenvalue weighted by Crippen LogP contribution is -2.50. The van der Waals surface area contributed by atoms with Crippen LogP contribution in [0.3, 0.4) is 0 Å². The first-order chi connectivity index (χ1) is 9.81. The SMILES string of the molecule is Cc1c(N2CCN(C)CC2C)cc(C(=O)O)cc1[N+](=O)[O-]. The Morgan fingerprint density at radius 2 is 2.10 bits per heavy atom. The van der Waals surface area contributed by atoms with Gasteiger partial charge in [-0.05, 0) is 27.0 Å². The van der Waals surface area contributed by atoms with Gasteiger partial charge in [-0.15, -0.1) is 0 Å². The normalized spacial score (nSPS) is 19.6. The van der Waals surface area contributed by atoms with Crippen molar-refractivity contribution in [3.05, 3.63) is 33.4 Å². The average molecular weight is 293 g/mol. The van der Waals surface area contributed by atoms with Gasteiger partial charge in [0.25, 0.3) is 5.69 Å². The maximum atomic E-state index is 11.2. The number of hydrogen-bond donors (Lipinski definition) is 1. The molecule has 1 saturated heterocycles. The van der Waals surface area contributed by atoms with Crippen molar-refractivity contribution in [2.45, 2.75) is 19.9 Å². The van der Waals surface area contributed by atoms with Crippen molar-refractivity contribution in [2.75, 3.05) is 31.6 Å². The standard InChI is InChI=1S/C14H19N3O4/c1-9-8-15(3)4-5-16(9)12-6-11(14(18)19)7-13(10(12)2)17(20)21/h6-7,9H,4-5,8H2,1-3H3,(H,18,19). The van der Waals surface area contributed by atoms with Crippen LogP contribution >= 0.6 is 0 Å². The van der Waals surface area contributed by atoms with E-state index in [1.807, 2.05) is 14.0 Å². The number of carboxylic acid groups (broad SMARTS) is 1. The van der Waals surface area contributed by atoms with Gasteiger partial charge in [-0.25, -0.2) is 4.79 Å². The number of likely N-dealkylation sites (N-methyl/N-ethyl adjacent to an activating group) is 1. The lowest BCUT2D eigenvalue weighted by molar-refractivity contribution is -0.385. The fraction of sp³-hybridized carbons (Fsp3) is 0.500. The highest BCUT2D eigenvalue weighted by molar-refractivity contribution is 5.90. The van der Waals surface area contributed by atoms with Gasteiger partial charge in [-0.2, -0.15) is 0 Å². The van der Waals surface area contributed by atoms with Crippen LogP contribution in [0, 0.1) is 17.0 Å². The molecule has 1 N–H and O–H groups in total. The van der Waals surface area contributed by atoms with Crippen molar-refractivity contribution >= 4 is 17.3 Å². The lowest BCUT2D eigenvalue weighted by Gasteiger charge is -2.40. The minimum atomic E-state index is -1.15. The summed E-state index contributed by atoms with van der Waals surface area (Å²) in [6.45, 7) is 6.11. The van der Waals surface area contributed by atoms with E-state index in [0.29, 0.717) is 11.3 Å². The van der Waals surface area contributed by atoms with Gasteiger partial charge in [0, 0.05) is 37.4 Å². The molecule has 7 nitrogen and oxygen atoms in total. The van der Waals surface area contributed by atoms with Gasteiger partial charge in [-0.1, -0.05) is 0 Å². The summed E-state index contributed by atoms with van der Waals surface area (Å²) in [6.07, 6.45) is 0. The van der Waals surface area contributed by atoms with Crippen LogP contribution < -0.4 is 4.90 Å². The second-order valence-corrected chi connectivity index (χ2v) is 5.51. The minimum absolute atomic E-state index is 0.0478. The van der Waals surface area contributed by atoms with Crippen molar-refractivity contribution in [1.29, 1.82) is 0 Å². The summed E-state index contributed by atoms with van der Waals surface area (Å²) in [5, 5.41) is 20.3. The summed E-state index contributed by atoms with van der Waals surface area (Å²) in [4.78, 5) is 26.1. The molecule has 1 fully saturated rings. The molecule has 1 heterocycles. The molecule has 7 heteroatoms. The van der Waals surface area contributed by atoms with Crippen LogP contribution in [0.5, 0.6) is 0 Å². The summed E-state index contributed by atoms with van der Waals surface area (Å²) in [5.74, 6) is -1.15. The van der Waals surface area contributed by atoms with Crippen LogP contribution in [0.1, 0.15) is 22.8 Å². The molecule has 0 aromatic heterocycles. The Bertz CT molecular complexity index is 588. The second kappa shape index (κ2) is 5.69. The highest BCUT2D eigenvalue weighted by atomic mass is 16.6. The quantitative estimate of drug-likeness (QED) is 0.674. The molecule has 0 aliphatic carbocycles. The first-order valence-corrected chi connectivity index (χ1v) is 6.78. The molecule has 0 amide bonds. The van der Waals surface area contributed by atoms with E-state index < -0.39 is 10.9 Å². The number of rotatable bonds is 3. The highest BCUT2D eigenvalue weighted by Crippen LogP contribution is 2.32. The zero-order valence-corrected chi connectivity index (χ0v) is 12.4. The van der Waals surface area contributed by atoms with E-state index in [0.717, 1.165) is 25.7 Å². The monoisotopic (exact) mass is 293 g/mol. The smallest absolute Gasteiger partial charge is 0.336 e. The third kappa shape index (κ3) is 2.97. The molecule has 0 spiro atoms. The molecule has 1 aromatic carbocycles. The summed E-state index contributed by atoms with van der Waals surface area (Å²) in [6, 6.07) is 2.83. The van der Waals surface area contributed by atoms with Crippen molar-refractivity contribution in [2.24, 2.45) is 0 Å². The summed E-state index contributed by atoms with van der Waals surface area (Å²) in [5.41, 5.74) is 0.966. The number of aromatic carboxylic acids is 1. The fourth-order valence-electron chi connectivity index (χ4n) is 2.79. The Balaban J connectivity index is 2.51. The van der Waals surface area contributed by atoms with Crippen LogP contribution in [0.2, 0.25) is 0 Å². The zero-order chi connectivity index (χ0) is 15.7. The number of anilines is 1. The summed E-state index contributed by atoms with van der Waals surface area (Å²) >= 11 is 0. The van der Waals surface area contributed by atoms with Crippen molar-refractivity contribution in [3.8, 4) is 0 Å². The number of nitro groups is 1. The summed E-state index contributed by atoms with van der Waals surface area (Å²) < 4.78 is 0. The Kier molecular flexibility index (Phi) is 4.13. The molecule has 1 atom stereocenters. The number of carboxylic acids is 1. The number of nitrogens with zero attached hydrogens (tertiary/aromatic N) is 3. The molecule has 1 aromatic rings. The Morgan fingerprint density at radius 3 is 2.62 bits per heavy atom. The predicted octanol–water partition coefficient (Wildman–Crippen LogP) is 1.74. The largest absolute Gasteiger partial charge is 0.478 e. The van der Waals surface area contributed by atoms with Gasteiger partial charge < -0.3 is 14.9 Å². The number of benzene rings is 1. The number of nitro benzene ring substituents is 1. The van der Waals surface area contributed by atoms with Gasteiger partial charge in [0.2, 0.25) is 0 Å². The van der Waals surface area contributed by atoms with Crippen LogP contribution in [-0.2, 0) is 0 Å². The zero-order valence-electron chi connectivity index (χ0n) is 12.4. The van der Waals surface area contributed by atoms with Crippen LogP contribution in [0.4, 0.5) is 11.4 Å². The topological polar surface area (TPSA) is 86.9 Å². The molecule has 1 unspecified atom stereocenters. The molecule has 0 saturated carbocycles. The van der Waals surface area contributed by atoms with Crippen molar-refractivity contribution in [1.82, 2.24) is 4.90 Å². The van der Waals surface area contributed by atoms with Crippen LogP contribution in [0.15, 0.2) is 12.1 Å². The summed E-state index contributed by atoms with van der Waals surface area (Å²) in [7, 11) is 2.02. The molecule has 21 heavy (non-hydrogen) atoms. The molecule has 0 radical (unpaired) electrons. The lowest BCUT2D eigenvalue weighted by atomic mass is 10.0. The van der Waals surface area contributed by atoms with Crippen LogP contribution in [0.25, 0.3) is 0 Å². The Hall–Kier alpha value is -2.15. The van der Waals surface area contributed by atoms with Crippen molar-refractivity contribution in [3.63, 3.8) is 0 Å². The number of hydrogen-bond acceptors (Lipinski definition) is 5. The molecule has 1 aliphatic heterocycles. The van der Waals surface area contributed by atoms with Gasteiger partial charge in [0.05, 0.1) is 16.1 Å². The highest BCUT2D eigenvalue weighted by Gasteiger charge is 2.27. The van der Waals surface area contributed by atoms with E-state index >= 15 is 0 Å². The van der Waals surface area contributed by atoms with Gasteiger partial charge in [0.1, 0.15) is 0 Å². The first kappa shape index (κ1) is 15.2. The Labute approximate surface area is 122 Å². The minimum Gasteiger partial charge on any atom is -0.478 e. The van der Waals surface area contributed by atoms with Gasteiger partial charge in [-0.3, -0.25) is 10.1 Å². The Morgan fingerprint density at radius 1 is 1.43 bits per heavy atom. The number of piperazine rings is 1. The third-order valence-electron chi connectivity index (χ3n) is 3.94. The predicted molar refractivity (Wildman–Crippen MR) is 79.1 cm³/mol. The van der Waals surface area contributed by atoms with E-state index in [2.05, 4.69) is 9.80 Å². The molecule has 0 bridgehead atoms. The third-order valence-corrected chi connectivity index (χ3v) is 3.94. The van der Waals surface area contributed by atoms with E-state index in [1.54, 1.807) is 6.92 Å². The molecule has 1 aliphatic rings.